The molecule has 7 heteroatoms. The van der Waals surface area contributed by atoms with Crippen LogP contribution in [0.15, 0.2) is 56.6 Å². The number of nitrogens with zero attached hydrogens (tertiary/aromatic N) is 1. The minimum Gasteiger partial charge on any atom is -0.408 e. The minimum atomic E-state index is -1.14. The SMILES string of the molecule is O=c1[nH]c2ccc(S(=O)CCN3CCC(Cc4ccccc4F)CC3)cc2o1. The number of benzene rings is 2. The highest BCUT2D eigenvalue weighted by Crippen LogP contribution is 2.23. The summed E-state index contributed by atoms with van der Waals surface area (Å²) in [6.45, 7) is 2.65. The maximum Gasteiger partial charge on any atom is 0.417 e. The molecular formula is C21H23FN2O3S. The maximum atomic E-state index is 13.8. The van der Waals surface area contributed by atoms with Gasteiger partial charge in [0.1, 0.15) is 5.82 Å². The summed E-state index contributed by atoms with van der Waals surface area (Å²) < 4.78 is 31.5. The first kappa shape index (κ1) is 19.1. The van der Waals surface area contributed by atoms with Gasteiger partial charge in [-0.1, -0.05) is 18.2 Å². The predicted molar refractivity (Wildman–Crippen MR) is 107 cm³/mol. The molecule has 1 aliphatic rings. The van der Waals surface area contributed by atoms with E-state index in [0.29, 0.717) is 27.7 Å². The second-order valence-electron chi connectivity index (χ2n) is 7.30. The minimum absolute atomic E-state index is 0.115. The van der Waals surface area contributed by atoms with Gasteiger partial charge in [-0.2, -0.15) is 0 Å². The van der Waals surface area contributed by atoms with Crippen LogP contribution in [0.5, 0.6) is 0 Å². The van der Waals surface area contributed by atoms with E-state index >= 15 is 0 Å². The number of nitrogens with one attached hydrogen (secondary N) is 1. The number of aromatic nitrogens is 1. The number of halogens is 1. The summed E-state index contributed by atoms with van der Waals surface area (Å²) in [7, 11) is -1.14. The Kier molecular flexibility index (Phi) is 5.73. The van der Waals surface area contributed by atoms with E-state index in [4.69, 9.17) is 4.42 Å². The quantitative estimate of drug-likeness (QED) is 0.687. The van der Waals surface area contributed by atoms with Crippen molar-refractivity contribution in [1.29, 1.82) is 0 Å². The molecule has 0 aliphatic carbocycles. The molecule has 1 N–H and O–H groups in total. The van der Waals surface area contributed by atoms with E-state index in [1.807, 2.05) is 12.1 Å². The van der Waals surface area contributed by atoms with Crippen LogP contribution in [0.4, 0.5) is 4.39 Å². The van der Waals surface area contributed by atoms with Crippen LogP contribution < -0.4 is 5.76 Å². The number of piperidine rings is 1. The lowest BCUT2D eigenvalue weighted by molar-refractivity contribution is 0.192. The molecule has 1 aromatic heterocycles. The number of hydrogen-bond donors (Lipinski definition) is 1. The summed E-state index contributed by atoms with van der Waals surface area (Å²) in [4.78, 5) is 16.8. The predicted octanol–water partition coefficient (Wildman–Crippen LogP) is 3.32. The lowest BCUT2D eigenvalue weighted by Gasteiger charge is -2.31. The van der Waals surface area contributed by atoms with Crippen molar-refractivity contribution in [2.24, 2.45) is 5.92 Å². The molecule has 3 aromatic rings. The van der Waals surface area contributed by atoms with Crippen molar-refractivity contribution in [2.45, 2.75) is 24.2 Å². The Morgan fingerprint density at radius 1 is 1.18 bits per heavy atom. The Morgan fingerprint density at radius 3 is 2.75 bits per heavy atom. The van der Waals surface area contributed by atoms with E-state index in [-0.39, 0.29) is 5.82 Å². The van der Waals surface area contributed by atoms with E-state index < -0.39 is 16.6 Å². The molecule has 28 heavy (non-hydrogen) atoms. The zero-order valence-electron chi connectivity index (χ0n) is 15.5. The molecule has 0 bridgehead atoms. The van der Waals surface area contributed by atoms with Gasteiger partial charge in [-0.3, -0.25) is 9.19 Å². The van der Waals surface area contributed by atoms with Gasteiger partial charge < -0.3 is 9.32 Å². The van der Waals surface area contributed by atoms with E-state index in [9.17, 15) is 13.4 Å². The maximum absolute atomic E-state index is 13.8. The van der Waals surface area contributed by atoms with Gasteiger partial charge in [-0.25, -0.2) is 9.18 Å². The third-order valence-electron chi connectivity index (χ3n) is 5.42. The third-order valence-corrected chi connectivity index (χ3v) is 6.75. The van der Waals surface area contributed by atoms with Gasteiger partial charge in [0.25, 0.3) is 0 Å². The van der Waals surface area contributed by atoms with E-state index in [1.165, 1.54) is 6.07 Å². The Balaban J connectivity index is 1.27. The van der Waals surface area contributed by atoms with Crippen molar-refractivity contribution in [3.63, 3.8) is 0 Å². The molecule has 0 amide bonds. The Labute approximate surface area is 165 Å². The molecule has 2 heterocycles. The average Bonchev–Trinajstić information content (AvgIpc) is 3.08. The smallest absolute Gasteiger partial charge is 0.408 e. The molecule has 5 nitrogen and oxygen atoms in total. The lowest BCUT2D eigenvalue weighted by Crippen LogP contribution is -2.36. The number of rotatable bonds is 6. The average molecular weight is 402 g/mol. The van der Waals surface area contributed by atoms with Crippen LogP contribution in [-0.4, -0.2) is 39.5 Å². The molecule has 1 unspecified atom stereocenters. The fourth-order valence-corrected chi connectivity index (χ4v) is 4.90. The monoisotopic (exact) mass is 402 g/mol. The first-order valence-electron chi connectivity index (χ1n) is 9.55. The Hall–Kier alpha value is -2.25. The van der Waals surface area contributed by atoms with Gasteiger partial charge in [0, 0.05) is 17.2 Å². The molecule has 148 valence electrons. The standard InChI is InChI=1S/C21H23FN2O3S/c22-18-4-2-1-3-16(18)13-15-7-9-24(10-8-15)11-12-28(26)17-5-6-19-20(14-17)27-21(25)23-19/h1-6,14-15H,7-13H2,(H,23,25). The first-order chi connectivity index (χ1) is 13.6. The summed E-state index contributed by atoms with van der Waals surface area (Å²) in [6, 6.07) is 12.2. The van der Waals surface area contributed by atoms with Crippen LogP contribution in [-0.2, 0) is 17.2 Å². The molecule has 1 fully saturated rings. The molecule has 2 aromatic carbocycles. The van der Waals surface area contributed by atoms with Gasteiger partial charge in [0.05, 0.1) is 16.3 Å². The lowest BCUT2D eigenvalue weighted by atomic mass is 9.90. The van der Waals surface area contributed by atoms with Gasteiger partial charge in [0.2, 0.25) is 0 Å². The second kappa shape index (κ2) is 8.41. The van der Waals surface area contributed by atoms with Crippen molar-refractivity contribution in [3.8, 4) is 0 Å². The van der Waals surface area contributed by atoms with E-state index in [0.717, 1.165) is 44.5 Å². The highest BCUT2D eigenvalue weighted by Gasteiger charge is 2.21. The Bertz CT molecular complexity index is 1040. The van der Waals surface area contributed by atoms with Crippen molar-refractivity contribution in [1.82, 2.24) is 9.88 Å². The number of likely N-dealkylation sites (tertiary alicyclic amines) is 1. The molecule has 0 spiro atoms. The molecule has 1 aliphatic heterocycles. The summed E-state index contributed by atoms with van der Waals surface area (Å²) >= 11 is 0. The van der Waals surface area contributed by atoms with Gasteiger partial charge in [0.15, 0.2) is 5.58 Å². The number of oxazole rings is 1. The van der Waals surface area contributed by atoms with E-state index in [1.54, 1.807) is 24.3 Å². The normalized spacial score (nSPS) is 17.2. The third kappa shape index (κ3) is 4.42. The van der Waals surface area contributed by atoms with E-state index in [2.05, 4.69) is 9.88 Å². The highest BCUT2D eigenvalue weighted by molar-refractivity contribution is 7.85. The highest BCUT2D eigenvalue weighted by atomic mass is 32.2. The first-order valence-corrected chi connectivity index (χ1v) is 10.9. The van der Waals surface area contributed by atoms with Gasteiger partial charge in [-0.05, 0) is 68.1 Å². The second-order valence-corrected chi connectivity index (χ2v) is 8.87. The molecule has 0 saturated carbocycles. The summed E-state index contributed by atoms with van der Waals surface area (Å²) in [5.41, 5.74) is 1.85. The van der Waals surface area contributed by atoms with Crippen molar-refractivity contribution in [3.05, 3.63) is 64.4 Å². The molecular weight excluding hydrogens is 379 g/mol. The summed E-state index contributed by atoms with van der Waals surface area (Å²) in [6.07, 6.45) is 2.84. The number of fused-ring (bicyclic) bond motifs is 1. The largest absolute Gasteiger partial charge is 0.417 e. The summed E-state index contributed by atoms with van der Waals surface area (Å²) in [5, 5.41) is 0. The van der Waals surface area contributed by atoms with Crippen molar-refractivity contribution in [2.75, 3.05) is 25.4 Å². The number of hydrogen-bond acceptors (Lipinski definition) is 4. The molecule has 4 rings (SSSR count). The van der Waals surface area contributed by atoms with Crippen LogP contribution in [0, 0.1) is 11.7 Å². The number of aromatic amines is 1. The van der Waals surface area contributed by atoms with Crippen LogP contribution in [0.25, 0.3) is 11.1 Å². The zero-order chi connectivity index (χ0) is 19.5. The van der Waals surface area contributed by atoms with Crippen LogP contribution in [0.2, 0.25) is 0 Å². The van der Waals surface area contributed by atoms with Gasteiger partial charge >= 0.3 is 5.76 Å². The fourth-order valence-electron chi connectivity index (χ4n) is 3.79. The number of H-pyrrole nitrogens is 1. The topological polar surface area (TPSA) is 66.3 Å². The summed E-state index contributed by atoms with van der Waals surface area (Å²) in [5.74, 6) is 0.419. The molecule has 0 radical (unpaired) electrons. The van der Waals surface area contributed by atoms with Crippen molar-refractivity contribution < 1.29 is 13.0 Å². The molecule has 1 saturated heterocycles. The zero-order valence-corrected chi connectivity index (χ0v) is 16.3. The molecule has 1 atom stereocenters. The van der Waals surface area contributed by atoms with Gasteiger partial charge in [-0.15, -0.1) is 0 Å². The van der Waals surface area contributed by atoms with Crippen molar-refractivity contribution >= 4 is 21.9 Å². The Morgan fingerprint density at radius 2 is 1.96 bits per heavy atom. The fraction of sp³-hybridized carbons (Fsp3) is 0.381. The van der Waals surface area contributed by atoms with Crippen LogP contribution >= 0.6 is 0 Å². The van der Waals surface area contributed by atoms with Crippen LogP contribution in [0.1, 0.15) is 18.4 Å². The van der Waals surface area contributed by atoms with Crippen LogP contribution in [0.3, 0.4) is 0 Å².